The van der Waals surface area contributed by atoms with Gasteiger partial charge in [0.2, 0.25) is 0 Å². The number of hydrogen-bond acceptors (Lipinski definition) is 6. The number of methoxy groups -OCH3 is 1. The van der Waals surface area contributed by atoms with Crippen LogP contribution in [0.1, 0.15) is 11.1 Å². The summed E-state index contributed by atoms with van der Waals surface area (Å²) in [5.41, 5.74) is 1.30. The van der Waals surface area contributed by atoms with Gasteiger partial charge in [0.1, 0.15) is 18.2 Å². The van der Waals surface area contributed by atoms with Gasteiger partial charge in [0.25, 0.3) is 11.6 Å². The highest BCUT2D eigenvalue weighted by molar-refractivity contribution is 6.32. The highest BCUT2D eigenvalue weighted by Gasteiger charge is 2.15. The average molecular weight is 498 g/mol. The molecule has 10 heteroatoms. The summed E-state index contributed by atoms with van der Waals surface area (Å²) in [6.45, 7) is 0.226. The maximum absolute atomic E-state index is 12.5. The number of anilines is 1. The van der Waals surface area contributed by atoms with Crippen LogP contribution in [-0.4, -0.2) is 17.9 Å². The molecule has 1 amide bonds. The molecule has 0 spiro atoms. The smallest absolute Gasteiger partial charge is 0.269 e. The number of nitrogens with one attached hydrogen (secondary N) is 1. The zero-order valence-corrected chi connectivity index (χ0v) is 19.3. The lowest BCUT2D eigenvalue weighted by molar-refractivity contribution is -0.384. The first-order chi connectivity index (χ1) is 16.3. The Hall–Kier alpha value is -4.06. The van der Waals surface area contributed by atoms with E-state index >= 15 is 0 Å². The second-order valence-corrected chi connectivity index (χ2v) is 7.72. The molecule has 8 nitrogen and oxygen atoms in total. The van der Waals surface area contributed by atoms with Crippen LogP contribution in [0.4, 0.5) is 11.4 Å². The van der Waals surface area contributed by atoms with E-state index in [2.05, 4.69) is 5.32 Å². The number of halogens is 2. The van der Waals surface area contributed by atoms with Crippen LogP contribution in [0.3, 0.4) is 0 Å². The third kappa shape index (κ3) is 6.25. The fraction of sp³-hybridized carbons (Fsp3) is 0.0833. The van der Waals surface area contributed by atoms with Crippen molar-refractivity contribution in [2.45, 2.75) is 6.61 Å². The van der Waals surface area contributed by atoms with Crippen LogP contribution < -0.4 is 14.8 Å². The lowest BCUT2D eigenvalue weighted by Gasteiger charge is -2.14. The molecule has 0 heterocycles. The molecule has 172 valence electrons. The second-order valence-electron chi connectivity index (χ2n) is 6.88. The molecule has 0 unspecified atom stereocenters. The Morgan fingerprint density at radius 1 is 1.15 bits per heavy atom. The Balaban J connectivity index is 1.78. The van der Waals surface area contributed by atoms with Gasteiger partial charge in [0.15, 0.2) is 11.5 Å². The lowest BCUT2D eigenvalue weighted by atomic mass is 10.1. The molecule has 3 rings (SSSR count). The molecule has 0 aliphatic heterocycles. The van der Waals surface area contributed by atoms with E-state index in [4.69, 9.17) is 32.7 Å². The summed E-state index contributed by atoms with van der Waals surface area (Å²) in [6, 6.07) is 17.3. The zero-order chi connectivity index (χ0) is 24.7. The number of nitrogens with zero attached hydrogens (tertiary/aromatic N) is 2. The average Bonchev–Trinajstić information content (AvgIpc) is 2.82. The van der Waals surface area contributed by atoms with Crippen LogP contribution in [0.5, 0.6) is 11.5 Å². The molecule has 34 heavy (non-hydrogen) atoms. The van der Waals surface area contributed by atoms with Crippen LogP contribution in [-0.2, 0) is 11.4 Å². The Morgan fingerprint density at radius 3 is 2.41 bits per heavy atom. The van der Waals surface area contributed by atoms with Crippen molar-refractivity contribution in [3.63, 3.8) is 0 Å². The molecule has 0 saturated heterocycles. The summed E-state index contributed by atoms with van der Waals surface area (Å²) in [4.78, 5) is 22.7. The molecule has 0 atom stereocenters. The second kappa shape index (κ2) is 11.2. The summed E-state index contributed by atoms with van der Waals surface area (Å²) < 4.78 is 11.2. The predicted octanol–water partition coefficient (Wildman–Crippen LogP) is 6.03. The quantitative estimate of drug-likeness (QED) is 0.175. The highest BCUT2D eigenvalue weighted by atomic mass is 35.5. The number of non-ortho nitro benzene ring substituents is 1. The summed E-state index contributed by atoms with van der Waals surface area (Å²) in [5.74, 6) is -0.0552. The number of nitro groups is 1. The molecule has 0 aliphatic carbocycles. The van der Waals surface area contributed by atoms with Gasteiger partial charge in [-0.25, -0.2) is 0 Å². The molecule has 0 fully saturated rings. The fourth-order valence-electron chi connectivity index (χ4n) is 2.88. The third-order valence-electron chi connectivity index (χ3n) is 4.56. The van der Waals surface area contributed by atoms with Crippen LogP contribution in [0.15, 0.2) is 66.2 Å². The van der Waals surface area contributed by atoms with E-state index in [9.17, 15) is 20.2 Å². The number of amides is 1. The topological polar surface area (TPSA) is 114 Å². The van der Waals surface area contributed by atoms with Crippen molar-refractivity contribution in [2.24, 2.45) is 0 Å². The number of hydrogen-bond donors (Lipinski definition) is 1. The molecule has 0 bridgehead atoms. The Kier molecular flexibility index (Phi) is 8.09. The van der Waals surface area contributed by atoms with E-state index in [1.165, 1.54) is 43.5 Å². The number of carbonyl (C=O) groups excluding carboxylic acids is 1. The van der Waals surface area contributed by atoms with Crippen molar-refractivity contribution in [1.82, 2.24) is 0 Å². The summed E-state index contributed by atoms with van der Waals surface area (Å²) in [5, 5.41) is 23.6. The van der Waals surface area contributed by atoms with E-state index in [1.54, 1.807) is 18.2 Å². The van der Waals surface area contributed by atoms with E-state index in [-0.39, 0.29) is 22.9 Å². The molecule has 3 aromatic rings. The van der Waals surface area contributed by atoms with Gasteiger partial charge < -0.3 is 14.8 Å². The van der Waals surface area contributed by atoms with Crippen molar-refractivity contribution in [2.75, 3.05) is 12.4 Å². The minimum Gasteiger partial charge on any atom is -0.493 e. The standard InChI is InChI=1S/C24H17Cl2N3O5/c1-33-22-12-16(11-21(26)23(22)34-14-15-2-4-18(25)5-3-15)10-17(13-27)24(30)28-19-6-8-20(9-7-19)29(31)32/h2-12H,14H2,1H3,(H,28,30)/b17-10+. The maximum atomic E-state index is 12.5. The van der Waals surface area contributed by atoms with E-state index in [0.717, 1.165) is 5.56 Å². The van der Waals surface area contributed by atoms with E-state index < -0.39 is 10.8 Å². The summed E-state index contributed by atoms with van der Waals surface area (Å²) in [6.07, 6.45) is 1.35. The summed E-state index contributed by atoms with van der Waals surface area (Å²) >= 11 is 12.3. The van der Waals surface area contributed by atoms with Crippen molar-refractivity contribution in [1.29, 1.82) is 5.26 Å². The monoisotopic (exact) mass is 497 g/mol. The van der Waals surface area contributed by atoms with Crippen molar-refractivity contribution in [3.05, 3.63) is 97.5 Å². The third-order valence-corrected chi connectivity index (χ3v) is 5.09. The van der Waals surface area contributed by atoms with Crippen LogP contribution >= 0.6 is 23.2 Å². The van der Waals surface area contributed by atoms with Gasteiger partial charge in [-0.1, -0.05) is 35.3 Å². The molecule has 0 aliphatic rings. The first-order valence-corrected chi connectivity index (χ1v) is 10.5. The van der Waals surface area contributed by atoms with Crippen molar-refractivity contribution < 1.29 is 19.2 Å². The summed E-state index contributed by atoms with van der Waals surface area (Å²) in [7, 11) is 1.45. The molecule has 3 aromatic carbocycles. The number of ether oxygens (including phenoxy) is 2. The van der Waals surface area contributed by atoms with Gasteiger partial charge in [0, 0.05) is 22.8 Å². The van der Waals surface area contributed by atoms with Crippen molar-refractivity contribution in [3.8, 4) is 17.6 Å². The zero-order valence-electron chi connectivity index (χ0n) is 17.7. The molecule has 0 aromatic heterocycles. The molecular formula is C24H17Cl2N3O5. The van der Waals surface area contributed by atoms with Gasteiger partial charge in [0.05, 0.1) is 17.1 Å². The fourth-order valence-corrected chi connectivity index (χ4v) is 3.28. The first-order valence-electron chi connectivity index (χ1n) is 9.73. The lowest BCUT2D eigenvalue weighted by Crippen LogP contribution is -2.13. The maximum Gasteiger partial charge on any atom is 0.269 e. The largest absolute Gasteiger partial charge is 0.493 e. The number of rotatable bonds is 8. The normalized spacial score (nSPS) is 10.8. The Bertz CT molecular complexity index is 1280. The molecule has 0 saturated carbocycles. The van der Waals surface area contributed by atoms with Crippen LogP contribution in [0, 0.1) is 21.4 Å². The van der Waals surface area contributed by atoms with Gasteiger partial charge in [-0.2, -0.15) is 5.26 Å². The van der Waals surface area contributed by atoms with Crippen LogP contribution in [0.2, 0.25) is 10.0 Å². The minimum absolute atomic E-state index is 0.117. The molecule has 1 N–H and O–H groups in total. The predicted molar refractivity (Wildman–Crippen MR) is 129 cm³/mol. The Morgan fingerprint density at radius 2 is 1.82 bits per heavy atom. The van der Waals surface area contributed by atoms with Gasteiger partial charge >= 0.3 is 0 Å². The Labute approximate surface area is 205 Å². The minimum atomic E-state index is -0.686. The number of benzene rings is 3. The molecule has 0 radical (unpaired) electrons. The van der Waals surface area contributed by atoms with E-state index in [0.29, 0.717) is 27.8 Å². The first kappa shape index (κ1) is 24.6. The van der Waals surface area contributed by atoms with E-state index in [1.807, 2.05) is 18.2 Å². The molecular weight excluding hydrogens is 481 g/mol. The van der Waals surface area contributed by atoms with Gasteiger partial charge in [-0.3, -0.25) is 14.9 Å². The number of nitriles is 1. The van der Waals surface area contributed by atoms with Crippen LogP contribution in [0.25, 0.3) is 6.08 Å². The number of nitro benzene ring substituents is 1. The number of carbonyl (C=O) groups is 1. The van der Waals surface area contributed by atoms with Gasteiger partial charge in [-0.15, -0.1) is 0 Å². The SMILES string of the molecule is COc1cc(/C=C(\C#N)C(=O)Nc2ccc([N+](=O)[O-])cc2)cc(Cl)c1OCc1ccc(Cl)cc1. The highest BCUT2D eigenvalue weighted by Crippen LogP contribution is 2.37. The van der Waals surface area contributed by atoms with Gasteiger partial charge in [-0.05, 0) is 53.6 Å². The van der Waals surface area contributed by atoms with Crippen molar-refractivity contribution >= 4 is 46.6 Å².